The number of ketones is 1. The molecule has 158 valence electrons. The first-order valence-electron chi connectivity index (χ1n) is 9.47. The molecule has 0 spiro atoms. The van der Waals surface area contributed by atoms with Crippen molar-refractivity contribution in [2.45, 2.75) is 20.8 Å². The zero-order valence-electron chi connectivity index (χ0n) is 17.2. The second kappa shape index (κ2) is 10.8. The van der Waals surface area contributed by atoms with Crippen molar-refractivity contribution in [3.63, 3.8) is 0 Å². The van der Waals surface area contributed by atoms with Crippen LogP contribution in [0.25, 0.3) is 0 Å². The standard InChI is InChI=1S/C22H25N3O5/c1-4-25(22(29)14-30-20-7-5-6-17(12-20)15(2)26)13-21(28)24-19-10-8-18(9-11-19)23-16(3)27/h5-12H,4,13-14H2,1-3H3,(H,23,27)(H,24,28). The fraction of sp³-hybridized carbons (Fsp3) is 0.273. The van der Waals surface area contributed by atoms with E-state index in [4.69, 9.17) is 4.74 Å². The molecule has 0 aliphatic carbocycles. The summed E-state index contributed by atoms with van der Waals surface area (Å²) in [6.07, 6.45) is 0. The van der Waals surface area contributed by atoms with Gasteiger partial charge in [0.15, 0.2) is 12.4 Å². The largest absolute Gasteiger partial charge is 0.484 e. The molecule has 0 aromatic heterocycles. The molecule has 0 unspecified atom stereocenters. The number of nitrogens with one attached hydrogen (secondary N) is 2. The molecule has 0 atom stereocenters. The molecule has 0 aliphatic heterocycles. The van der Waals surface area contributed by atoms with Gasteiger partial charge in [0.1, 0.15) is 5.75 Å². The monoisotopic (exact) mass is 411 g/mol. The summed E-state index contributed by atoms with van der Waals surface area (Å²) in [5, 5.41) is 5.35. The minimum absolute atomic E-state index is 0.0938. The molecule has 0 saturated carbocycles. The SMILES string of the molecule is CCN(CC(=O)Nc1ccc(NC(C)=O)cc1)C(=O)COc1cccc(C(C)=O)c1. The third kappa shape index (κ3) is 7.05. The second-order valence-electron chi connectivity index (χ2n) is 6.59. The molecule has 0 radical (unpaired) electrons. The third-order valence-electron chi connectivity index (χ3n) is 4.16. The number of anilines is 2. The highest BCUT2D eigenvalue weighted by Crippen LogP contribution is 2.15. The van der Waals surface area contributed by atoms with Gasteiger partial charge in [0.05, 0.1) is 6.54 Å². The lowest BCUT2D eigenvalue weighted by Gasteiger charge is -2.20. The first kappa shape index (κ1) is 22.6. The van der Waals surface area contributed by atoms with E-state index in [2.05, 4.69) is 10.6 Å². The van der Waals surface area contributed by atoms with Gasteiger partial charge in [-0.2, -0.15) is 0 Å². The molecule has 2 aromatic rings. The van der Waals surface area contributed by atoms with Crippen LogP contribution in [0.4, 0.5) is 11.4 Å². The van der Waals surface area contributed by atoms with E-state index in [9.17, 15) is 19.2 Å². The summed E-state index contributed by atoms with van der Waals surface area (Å²) < 4.78 is 5.48. The van der Waals surface area contributed by atoms with E-state index >= 15 is 0 Å². The Hall–Kier alpha value is -3.68. The Morgan fingerprint density at radius 2 is 1.57 bits per heavy atom. The predicted molar refractivity (Wildman–Crippen MR) is 114 cm³/mol. The highest BCUT2D eigenvalue weighted by molar-refractivity contribution is 5.95. The van der Waals surface area contributed by atoms with Crippen molar-refractivity contribution >= 4 is 34.9 Å². The van der Waals surface area contributed by atoms with Crippen molar-refractivity contribution in [1.29, 1.82) is 0 Å². The van der Waals surface area contributed by atoms with Gasteiger partial charge >= 0.3 is 0 Å². The summed E-state index contributed by atoms with van der Waals surface area (Å²) in [4.78, 5) is 48.6. The van der Waals surface area contributed by atoms with Crippen LogP contribution in [-0.4, -0.2) is 48.1 Å². The van der Waals surface area contributed by atoms with Gasteiger partial charge in [-0.25, -0.2) is 0 Å². The third-order valence-corrected chi connectivity index (χ3v) is 4.16. The molecular formula is C22H25N3O5. The first-order chi connectivity index (χ1) is 14.3. The summed E-state index contributed by atoms with van der Waals surface area (Å²) >= 11 is 0. The molecular weight excluding hydrogens is 386 g/mol. The fourth-order valence-corrected chi connectivity index (χ4v) is 2.63. The predicted octanol–water partition coefficient (Wildman–Crippen LogP) is 2.71. The molecule has 0 heterocycles. The van der Waals surface area contributed by atoms with E-state index in [1.165, 1.54) is 18.7 Å². The molecule has 2 N–H and O–H groups in total. The van der Waals surface area contributed by atoms with Crippen molar-refractivity contribution in [1.82, 2.24) is 4.90 Å². The number of nitrogens with zero attached hydrogens (tertiary/aromatic N) is 1. The molecule has 30 heavy (non-hydrogen) atoms. The van der Waals surface area contributed by atoms with Crippen LogP contribution in [-0.2, 0) is 14.4 Å². The first-order valence-corrected chi connectivity index (χ1v) is 9.47. The van der Waals surface area contributed by atoms with Crippen LogP contribution >= 0.6 is 0 Å². The van der Waals surface area contributed by atoms with E-state index in [-0.39, 0.29) is 36.7 Å². The fourth-order valence-electron chi connectivity index (χ4n) is 2.63. The van der Waals surface area contributed by atoms with Crippen LogP contribution in [0.5, 0.6) is 5.75 Å². The average Bonchev–Trinajstić information content (AvgIpc) is 2.71. The maximum atomic E-state index is 12.4. The number of hydrogen-bond donors (Lipinski definition) is 2. The summed E-state index contributed by atoms with van der Waals surface area (Å²) in [6, 6.07) is 13.2. The van der Waals surface area contributed by atoms with Gasteiger partial charge in [-0.05, 0) is 50.2 Å². The van der Waals surface area contributed by atoms with Crippen molar-refractivity contribution in [2.24, 2.45) is 0 Å². The van der Waals surface area contributed by atoms with Gasteiger partial charge in [-0.15, -0.1) is 0 Å². The van der Waals surface area contributed by atoms with Gasteiger partial charge in [0, 0.05) is 30.4 Å². The molecule has 0 saturated heterocycles. The molecule has 3 amide bonds. The summed E-state index contributed by atoms with van der Waals surface area (Å²) in [5.41, 5.74) is 1.67. The van der Waals surface area contributed by atoms with Crippen molar-refractivity contribution < 1.29 is 23.9 Å². The smallest absolute Gasteiger partial charge is 0.260 e. The average molecular weight is 411 g/mol. The van der Waals surface area contributed by atoms with Crippen LogP contribution < -0.4 is 15.4 Å². The normalized spacial score (nSPS) is 10.1. The maximum absolute atomic E-state index is 12.4. The van der Waals surface area contributed by atoms with Gasteiger partial charge in [-0.3, -0.25) is 19.2 Å². The lowest BCUT2D eigenvalue weighted by atomic mass is 10.1. The minimum atomic E-state index is -0.351. The Morgan fingerprint density at radius 3 is 2.13 bits per heavy atom. The van der Waals surface area contributed by atoms with Crippen LogP contribution in [0.2, 0.25) is 0 Å². The number of rotatable bonds is 9. The highest BCUT2D eigenvalue weighted by atomic mass is 16.5. The Balaban J connectivity index is 1.88. The zero-order chi connectivity index (χ0) is 22.1. The van der Waals surface area contributed by atoms with Crippen molar-refractivity contribution in [3.8, 4) is 5.75 Å². The second-order valence-corrected chi connectivity index (χ2v) is 6.59. The Kier molecular flexibility index (Phi) is 8.10. The van der Waals surface area contributed by atoms with E-state index in [0.717, 1.165) is 0 Å². The van der Waals surface area contributed by atoms with Crippen LogP contribution in [0, 0.1) is 0 Å². The molecule has 2 aromatic carbocycles. The van der Waals surface area contributed by atoms with Crippen LogP contribution in [0.15, 0.2) is 48.5 Å². The number of ether oxygens (including phenoxy) is 1. The maximum Gasteiger partial charge on any atom is 0.260 e. The van der Waals surface area contributed by atoms with Gasteiger partial charge < -0.3 is 20.3 Å². The molecule has 2 rings (SSSR count). The Labute approximate surface area is 175 Å². The highest BCUT2D eigenvalue weighted by Gasteiger charge is 2.16. The van der Waals surface area contributed by atoms with Crippen molar-refractivity contribution in [2.75, 3.05) is 30.3 Å². The van der Waals surface area contributed by atoms with Crippen molar-refractivity contribution in [3.05, 3.63) is 54.1 Å². The molecule has 0 aliphatic rings. The molecule has 0 fully saturated rings. The summed E-state index contributed by atoms with van der Waals surface area (Å²) in [6.45, 7) is 4.60. The van der Waals surface area contributed by atoms with E-state index in [0.29, 0.717) is 29.2 Å². The van der Waals surface area contributed by atoms with Crippen LogP contribution in [0.3, 0.4) is 0 Å². The zero-order valence-corrected chi connectivity index (χ0v) is 17.2. The van der Waals surface area contributed by atoms with Gasteiger partial charge in [0.25, 0.3) is 5.91 Å². The van der Waals surface area contributed by atoms with Crippen LogP contribution in [0.1, 0.15) is 31.1 Å². The van der Waals surface area contributed by atoms with Gasteiger partial charge in [-0.1, -0.05) is 12.1 Å². The van der Waals surface area contributed by atoms with Gasteiger partial charge in [0.2, 0.25) is 11.8 Å². The number of carbonyl (C=O) groups excluding carboxylic acids is 4. The Morgan fingerprint density at radius 1 is 0.933 bits per heavy atom. The van der Waals surface area contributed by atoms with E-state index in [1.54, 1.807) is 55.5 Å². The summed E-state index contributed by atoms with van der Waals surface area (Å²) in [5.74, 6) is -0.559. The lowest BCUT2D eigenvalue weighted by Crippen LogP contribution is -2.40. The number of carbonyl (C=O) groups is 4. The lowest BCUT2D eigenvalue weighted by molar-refractivity contribution is -0.136. The number of Topliss-reactive ketones (excluding diaryl/α,β-unsaturated/α-hetero) is 1. The minimum Gasteiger partial charge on any atom is -0.484 e. The summed E-state index contributed by atoms with van der Waals surface area (Å²) in [7, 11) is 0. The number of hydrogen-bond acceptors (Lipinski definition) is 5. The number of benzene rings is 2. The molecule has 8 heteroatoms. The Bertz CT molecular complexity index is 925. The quantitative estimate of drug-likeness (QED) is 0.618. The molecule has 8 nitrogen and oxygen atoms in total. The van der Waals surface area contributed by atoms with E-state index in [1.807, 2.05) is 0 Å². The number of likely N-dealkylation sites (N-methyl/N-ethyl adjacent to an activating group) is 1. The van der Waals surface area contributed by atoms with E-state index < -0.39 is 0 Å². The number of amides is 3. The topological polar surface area (TPSA) is 105 Å². The molecule has 0 bridgehead atoms.